The van der Waals surface area contributed by atoms with Crippen LogP contribution in [0.15, 0.2) is 29.6 Å². The molecule has 0 unspecified atom stereocenters. The van der Waals surface area contributed by atoms with Crippen LogP contribution in [0, 0.1) is 5.92 Å². The van der Waals surface area contributed by atoms with E-state index in [1.807, 2.05) is 34.5 Å². The van der Waals surface area contributed by atoms with Gasteiger partial charge in [0.1, 0.15) is 16.5 Å². The maximum Gasteiger partial charge on any atom is 0.273 e. The van der Waals surface area contributed by atoms with Crippen LogP contribution >= 0.6 is 23.7 Å². The largest absolute Gasteiger partial charge is 0.494 e. The summed E-state index contributed by atoms with van der Waals surface area (Å²) in [5.74, 6) is 1.84. The highest BCUT2D eigenvalue weighted by Crippen LogP contribution is 2.29. The maximum atomic E-state index is 12.8. The predicted molar refractivity (Wildman–Crippen MR) is 120 cm³/mol. The van der Waals surface area contributed by atoms with Gasteiger partial charge in [-0.15, -0.1) is 23.7 Å². The molecule has 1 N–H and O–H groups in total. The molecule has 2 heterocycles. The molecular weight excluding hydrogens is 406 g/mol. The van der Waals surface area contributed by atoms with Crippen LogP contribution in [0.5, 0.6) is 5.75 Å². The van der Waals surface area contributed by atoms with Crippen LogP contribution in [-0.2, 0) is 0 Å². The monoisotopic (exact) mass is 435 g/mol. The van der Waals surface area contributed by atoms with Crippen LogP contribution in [0.2, 0.25) is 0 Å². The standard InChI is InChI=1S/C22H29N3O2S.ClH/c1-2-13-27-19-7-5-17(6-8-19)21-24-20(15-28-21)22(26)25-11-9-18(10-12-25)23-14-16-3-4-16;/h5-8,15-16,18,23H,2-4,9-14H2,1H3;1H. The van der Waals surface area contributed by atoms with E-state index >= 15 is 0 Å². The van der Waals surface area contributed by atoms with Gasteiger partial charge in [0.2, 0.25) is 0 Å². The van der Waals surface area contributed by atoms with Crippen LogP contribution in [0.1, 0.15) is 49.5 Å². The van der Waals surface area contributed by atoms with Crippen molar-refractivity contribution < 1.29 is 9.53 Å². The average molecular weight is 436 g/mol. The molecule has 1 amide bonds. The number of carbonyl (C=O) groups excluding carboxylic acids is 1. The zero-order valence-electron chi connectivity index (χ0n) is 16.9. The van der Waals surface area contributed by atoms with Crippen molar-refractivity contribution in [2.75, 3.05) is 26.2 Å². The summed E-state index contributed by atoms with van der Waals surface area (Å²) >= 11 is 1.53. The van der Waals surface area contributed by atoms with E-state index in [-0.39, 0.29) is 18.3 Å². The van der Waals surface area contributed by atoms with Gasteiger partial charge in [0.25, 0.3) is 5.91 Å². The van der Waals surface area contributed by atoms with Crippen LogP contribution in [0.3, 0.4) is 0 Å². The molecule has 1 aromatic heterocycles. The second-order valence-corrected chi connectivity index (χ2v) is 8.69. The number of nitrogens with zero attached hydrogens (tertiary/aromatic N) is 2. The molecule has 4 rings (SSSR count). The fraction of sp³-hybridized carbons (Fsp3) is 0.545. The summed E-state index contributed by atoms with van der Waals surface area (Å²) in [7, 11) is 0. The number of likely N-dealkylation sites (tertiary alicyclic amines) is 1. The lowest BCUT2D eigenvalue weighted by Crippen LogP contribution is -2.45. The number of halogens is 1. The van der Waals surface area contributed by atoms with Crippen molar-refractivity contribution in [1.82, 2.24) is 15.2 Å². The molecule has 1 saturated carbocycles. The highest BCUT2D eigenvalue weighted by Gasteiger charge is 2.27. The van der Waals surface area contributed by atoms with Crippen molar-refractivity contribution in [3.05, 3.63) is 35.3 Å². The van der Waals surface area contributed by atoms with Crippen molar-refractivity contribution in [3.8, 4) is 16.3 Å². The number of hydrogen-bond donors (Lipinski definition) is 1. The molecule has 0 atom stereocenters. The van der Waals surface area contributed by atoms with Crippen LogP contribution in [-0.4, -0.2) is 48.1 Å². The Morgan fingerprint density at radius 1 is 1.21 bits per heavy atom. The Hall–Kier alpha value is -1.63. The summed E-state index contributed by atoms with van der Waals surface area (Å²) in [6.07, 6.45) is 5.83. The number of rotatable bonds is 8. The minimum absolute atomic E-state index is 0. The van der Waals surface area contributed by atoms with Crippen LogP contribution < -0.4 is 10.1 Å². The Bertz CT molecular complexity index is 784. The summed E-state index contributed by atoms with van der Waals surface area (Å²) in [5, 5.41) is 6.43. The Morgan fingerprint density at radius 3 is 2.59 bits per heavy atom. The maximum absolute atomic E-state index is 12.8. The fourth-order valence-corrected chi connectivity index (χ4v) is 4.32. The summed E-state index contributed by atoms with van der Waals surface area (Å²) < 4.78 is 5.63. The number of piperidine rings is 1. The highest BCUT2D eigenvalue weighted by atomic mass is 35.5. The summed E-state index contributed by atoms with van der Waals surface area (Å²) in [4.78, 5) is 19.4. The molecule has 0 spiro atoms. The van der Waals surface area contributed by atoms with E-state index < -0.39 is 0 Å². The first-order valence-electron chi connectivity index (χ1n) is 10.4. The number of nitrogens with one attached hydrogen (secondary N) is 1. The zero-order valence-corrected chi connectivity index (χ0v) is 18.6. The number of carbonyl (C=O) groups is 1. The number of ether oxygens (including phenoxy) is 1. The molecule has 2 aliphatic rings. The molecule has 7 heteroatoms. The third-order valence-electron chi connectivity index (χ3n) is 5.47. The first kappa shape index (κ1) is 22.1. The van der Waals surface area contributed by atoms with E-state index in [4.69, 9.17) is 4.74 Å². The van der Waals surface area contributed by atoms with Gasteiger partial charge in [0, 0.05) is 30.1 Å². The normalized spacial score (nSPS) is 17.1. The minimum atomic E-state index is 0. The average Bonchev–Trinajstić information content (AvgIpc) is 3.45. The van der Waals surface area contributed by atoms with Gasteiger partial charge in [-0.2, -0.15) is 0 Å². The molecule has 1 aliphatic carbocycles. The second-order valence-electron chi connectivity index (χ2n) is 7.83. The molecule has 1 aromatic carbocycles. The smallest absolute Gasteiger partial charge is 0.273 e. The van der Waals surface area contributed by atoms with Gasteiger partial charge in [-0.3, -0.25) is 4.79 Å². The fourth-order valence-electron chi connectivity index (χ4n) is 3.52. The molecule has 0 radical (unpaired) electrons. The van der Waals surface area contributed by atoms with Gasteiger partial charge >= 0.3 is 0 Å². The van der Waals surface area contributed by atoms with Crippen LogP contribution in [0.4, 0.5) is 0 Å². The quantitative estimate of drug-likeness (QED) is 0.657. The van der Waals surface area contributed by atoms with E-state index in [1.165, 1.54) is 24.2 Å². The lowest BCUT2D eigenvalue weighted by molar-refractivity contribution is 0.0700. The topological polar surface area (TPSA) is 54.5 Å². The number of amides is 1. The lowest BCUT2D eigenvalue weighted by Gasteiger charge is -2.32. The molecule has 158 valence electrons. The van der Waals surface area contributed by atoms with Gasteiger partial charge in [0.05, 0.1) is 6.61 Å². The van der Waals surface area contributed by atoms with Gasteiger partial charge in [0.15, 0.2) is 0 Å². The Kier molecular flexibility index (Phi) is 7.92. The van der Waals surface area contributed by atoms with E-state index in [0.29, 0.717) is 11.7 Å². The van der Waals surface area contributed by atoms with E-state index in [9.17, 15) is 4.79 Å². The van der Waals surface area contributed by atoms with Gasteiger partial charge in [-0.25, -0.2) is 4.98 Å². The van der Waals surface area contributed by atoms with Crippen molar-refractivity contribution in [3.63, 3.8) is 0 Å². The first-order chi connectivity index (χ1) is 13.7. The third-order valence-corrected chi connectivity index (χ3v) is 6.36. The van der Waals surface area contributed by atoms with Crippen molar-refractivity contribution in [1.29, 1.82) is 0 Å². The molecule has 0 bridgehead atoms. The first-order valence-corrected chi connectivity index (χ1v) is 11.3. The predicted octanol–water partition coefficient (Wildman–Crippen LogP) is 4.62. The van der Waals surface area contributed by atoms with E-state index in [2.05, 4.69) is 17.2 Å². The van der Waals surface area contributed by atoms with E-state index in [1.54, 1.807) is 0 Å². The summed E-state index contributed by atoms with van der Waals surface area (Å²) in [6.45, 7) is 5.60. The SMILES string of the molecule is CCCOc1ccc(-c2nc(C(=O)N3CCC(NCC4CC4)CC3)cs2)cc1.Cl. The van der Waals surface area contributed by atoms with Gasteiger partial charge in [-0.05, 0) is 68.8 Å². The molecule has 1 saturated heterocycles. The zero-order chi connectivity index (χ0) is 19.3. The Balaban J connectivity index is 0.00000240. The minimum Gasteiger partial charge on any atom is -0.494 e. The van der Waals surface area contributed by atoms with Crippen molar-refractivity contribution in [2.45, 2.75) is 45.1 Å². The number of benzene rings is 1. The summed E-state index contributed by atoms with van der Waals surface area (Å²) in [5.41, 5.74) is 1.59. The lowest BCUT2D eigenvalue weighted by atomic mass is 10.0. The highest BCUT2D eigenvalue weighted by molar-refractivity contribution is 7.13. The van der Waals surface area contributed by atoms with Crippen LogP contribution in [0.25, 0.3) is 10.6 Å². The Labute approximate surface area is 183 Å². The Morgan fingerprint density at radius 2 is 1.93 bits per heavy atom. The molecule has 2 aromatic rings. The number of hydrogen-bond acceptors (Lipinski definition) is 5. The van der Waals surface area contributed by atoms with Gasteiger partial charge in [-0.1, -0.05) is 6.92 Å². The van der Waals surface area contributed by atoms with Gasteiger partial charge < -0.3 is 15.0 Å². The number of thiazole rings is 1. The second kappa shape index (κ2) is 10.4. The third kappa shape index (κ3) is 5.93. The molecule has 2 fully saturated rings. The molecular formula is C22H30ClN3O2S. The molecule has 29 heavy (non-hydrogen) atoms. The van der Waals surface area contributed by atoms with Crippen molar-refractivity contribution >= 4 is 29.7 Å². The van der Waals surface area contributed by atoms with E-state index in [0.717, 1.165) is 67.7 Å². The summed E-state index contributed by atoms with van der Waals surface area (Å²) in [6, 6.07) is 8.51. The number of aromatic nitrogens is 1. The molecule has 1 aliphatic heterocycles. The van der Waals surface area contributed by atoms with Crippen molar-refractivity contribution in [2.24, 2.45) is 5.92 Å². The molecule has 5 nitrogen and oxygen atoms in total.